The molecule has 0 unspecified atom stereocenters. The van der Waals surface area contributed by atoms with Gasteiger partial charge in [0, 0.05) is 49.2 Å². The van der Waals surface area contributed by atoms with Crippen molar-refractivity contribution in [2.45, 2.75) is 0 Å². The van der Waals surface area contributed by atoms with Crippen LogP contribution in [-0.4, -0.2) is 19.5 Å². The molecule has 0 bridgehead atoms. The molecule has 0 fully saturated rings. The summed E-state index contributed by atoms with van der Waals surface area (Å²) >= 11 is 3.84. The number of aromatic nitrogens is 4. The third kappa shape index (κ3) is 5.05. The Labute approximate surface area is 286 Å². The Morgan fingerprint density at radius 1 is 0.458 bits per heavy atom. The van der Waals surface area contributed by atoms with Crippen molar-refractivity contribution in [3.63, 3.8) is 0 Å². The Morgan fingerprint density at radius 3 is 1.83 bits per heavy atom. The summed E-state index contributed by atoms with van der Waals surface area (Å²) in [6.07, 6.45) is 1.82. The van der Waals surface area contributed by atoms with Crippen LogP contribution >= 0.6 is 15.9 Å². The van der Waals surface area contributed by atoms with Gasteiger partial charge < -0.3 is 4.57 Å². The van der Waals surface area contributed by atoms with Gasteiger partial charge >= 0.3 is 0 Å². The van der Waals surface area contributed by atoms with Gasteiger partial charge in [-0.25, -0.2) is 9.97 Å². The lowest BCUT2D eigenvalue weighted by Gasteiger charge is -2.13. The number of para-hydroxylation sites is 2. The van der Waals surface area contributed by atoms with E-state index in [2.05, 4.69) is 165 Å². The molecule has 9 aromatic rings. The maximum Gasteiger partial charge on any atom is 0.160 e. The molecular weight excluding hydrogens is 652 g/mol. The van der Waals surface area contributed by atoms with Gasteiger partial charge in [-0.1, -0.05) is 113 Å². The molecule has 0 aliphatic rings. The van der Waals surface area contributed by atoms with Gasteiger partial charge in [-0.2, -0.15) is 0 Å². The van der Waals surface area contributed by atoms with Gasteiger partial charge in [-0.3, -0.25) is 4.98 Å². The van der Waals surface area contributed by atoms with E-state index < -0.39 is 0 Å². The zero-order valence-electron chi connectivity index (χ0n) is 25.8. The van der Waals surface area contributed by atoms with Crippen molar-refractivity contribution >= 4 is 48.6 Å². The Morgan fingerprint density at radius 2 is 1.08 bits per heavy atom. The van der Waals surface area contributed by atoms with Crippen molar-refractivity contribution in [1.29, 1.82) is 0 Å². The number of rotatable bonds is 5. The smallest absolute Gasteiger partial charge is 0.160 e. The maximum atomic E-state index is 5.20. The third-order valence-corrected chi connectivity index (χ3v) is 9.35. The second-order valence-corrected chi connectivity index (χ2v) is 12.8. The van der Waals surface area contributed by atoms with E-state index in [4.69, 9.17) is 9.97 Å². The van der Waals surface area contributed by atoms with Crippen LogP contribution in [0.4, 0.5) is 0 Å². The summed E-state index contributed by atoms with van der Waals surface area (Å²) in [7, 11) is 0. The first-order chi connectivity index (χ1) is 23.7. The molecule has 4 nitrogen and oxygen atoms in total. The second kappa shape index (κ2) is 11.7. The highest BCUT2D eigenvalue weighted by Gasteiger charge is 2.16. The first kappa shape index (κ1) is 28.3. The average molecular weight is 680 g/mol. The highest BCUT2D eigenvalue weighted by molar-refractivity contribution is 9.10. The van der Waals surface area contributed by atoms with Gasteiger partial charge in [0.05, 0.1) is 27.9 Å². The van der Waals surface area contributed by atoms with Crippen molar-refractivity contribution in [3.05, 3.63) is 168 Å². The monoisotopic (exact) mass is 678 g/mol. The molecule has 0 spiro atoms. The molecule has 0 atom stereocenters. The summed E-state index contributed by atoms with van der Waals surface area (Å²) in [5.41, 5.74) is 11.3. The van der Waals surface area contributed by atoms with Gasteiger partial charge in [0.1, 0.15) is 0 Å². The molecule has 0 radical (unpaired) electrons. The molecule has 0 N–H and O–H groups in total. The van der Waals surface area contributed by atoms with Crippen molar-refractivity contribution in [3.8, 4) is 50.7 Å². The molecule has 48 heavy (non-hydrogen) atoms. The van der Waals surface area contributed by atoms with Crippen LogP contribution in [0.1, 0.15) is 0 Å². The van der Waals surface area contributed by atoms with Crippen LogP contribution in [0.2, 0.25) is 0 Å². The summed E-state index contributed by atoms with van der Waals surface area (Å²) in [6.45, 7) is 0. The molecule has 3 heterocycles. The van der Waals surface area contributed by atoms with Crippen LogP contribution in [0.5, 0.6) is 0 Å². The van der Waals surface area contributed by atoms with E-state index in [-0.39, 0.29) is 0 Å². The number of hydrogen-bond acceptors (Lipinski definition) is 3. The Bertz CT molecular complexity index is 2570. The molecule has 0 saturated heterocycles. The zero-order chi connectivity index (χ0) is 32.0. The molecule has 3 aromatic heterocycles. The van der Waals surface area contributed by atoms with E-state index in [9.17, 15) is 0 Å². The van der Waals surface area contributed by atoms with Gasteiger partial charge in [0.15, 0.2) is 5.82 Å². The van der Waals surface area contributed by atoms with Crippen LogP contribution < -0.4 is 0 Å². The Kier molecular flexibility index (Phi) is 6.91. The minimum atomic E-state index is 0.666. The van der Waals surface area contributed by atoms with Gasteiger partial charge in [-0.15, -0.1) is 0 Å². The second-order valence-electron chi connectivity index (χ2n) is 11.9. The lowest BCUT2D eigenvalue weighted by atomic mass is 10.0. The lowest BCUT2D eigenvalue weighted by Crippen LogP contribution is -1.98. The van der Waals surface area contributed by atoms with Crippen molar-refractivity contribution in [2.24, 2.45) is 0 Å². The van der Waals surface area contributed by atoms with E-state index in [1.165, 1.54) is 21.9 Å². The average Bonchev–Trinajstić information content (AvgIpc) is 3.49. The summed E-state index contributed by atoms with van der Waals surface area (Å²) in [4.78, 5) is 14.9. The molecule has 0 amide bonds. The standard InChI is InChI=1S/C43H27BrN4/c44-34-24-33(25-35(26-34)48-41-14-6-4-12-36(41)37-13-5-7-15-42(37)48)40-27-39(30-18-16-29(17-19-30)28-9-2-1-3-10-28)46-43(47-40)32-20-21-38-31(23-32)11-8-22-45-38/h1-27H. The number of nitrogens with zero attached hydrogens (tertiary/aromatic N) is 4. The predicted molar refractivity (Wildman–Crippen MR) is 201 cm³/mol. The Hall–Kier alpha value is -5.91. The summed E-state index contributed by atoms with van der Waals surface area (Å²) < 4.78 is 3.31. The number of fused-ring (bicyclic) bond motifs is 4. The van der Waals surface area contributed by atoms with Crippen molar-refractivity contribution in [2.75, 3.05) is 0 Å². The minimum Gasteiger partial charge on any atom is -0.309 e. The number of halogens is 1. The van der Waals surface area contributed by atoms with E-state index in [1.807, 2.05) is 24.4 Å². The van der Waals surface area contributed by atoms with Gasteiger partial charge in [-0.05, 0) is 71.8 Å². The van der Waals surface area contributed by atoms with Crippen LogP contribution in [-0.2, 0) is 0 Å². The zero-order valence-corrected chi connectivity index (χ0v) is 27.3. The number of hydrogen-bond donors (Lipinski definition) is 0. The number of pyridine rings is 1. The van der Waals surface area contributed by atoms with E-state index in [1.54, 1.807) is 0 Å². The molecule has 0 saturated carbocycles. The van der Waals surface area contributed by atoms with Gasteiger partial charge in [0.25, 0.3) is 0 Å². The third-order valence-electron chi connectivity index (χ3n) is 8.89. The minimum absolute atomic E-state index is 0.666. The molecule has 9 rings (SSSR count). The largest absolute Gasteiger partial charge is 0.309 e. The van der Waals surface area contributed by atoms with E-state index in [0.717, 1.165) is 60.2 Å². The fourth-order valence-electron chi connectivity index (χ4n) is 6.60. The normalized spacial score (nSPS) is 11.4. The molecular formula is C43H27BrN4. The van der Waals surface area contributed by atoms with Crippen LogP contribution in [0.15, 0.2) is 168 Å². The topological polar surface area (TPSA) is 43.6 Å². The lowest BCUT2D eigenvalue weighted by molar-refractivity contribution is 1.16. The fourth-order valence-corrected chi connectivity index (χ4v) is 7.08. The molecule has 226 valence electrons. The SMILES string of the molecule is Brc1cc(-c2cc(-c3ccc(-c4ccccc4)cc3)nc(-c3ccc4ncccc4c3)n2)cc(-n2c3ccccc3c3ccccc32)c1. The Balaban J connectivity index is 1.23. The van der Waals surface area contributed by atoms with Gasteiger partial charge in [0.2, 0.25) is 0 Å². The van der Waals surface area contributed by atoms with Crippen LogP contribution in [0.3, 0.4) is 0 Å². The molecule has 6 aromatic carbocycles. The highest BCUT2D eigenvalue weighted by atomic mass is 79.9. The molecule has 0 aliphatic carbocycles. The predicted octanol–water partition coefficient (Wildman–Crippen LogP) is 11.6. The van der Waals surface area contributed by atoms with Crippen molar-refractivity contribution in [1.82, 2.24) is 19.5 Å². The first-order valence-corrected chi connectivity index (χ1v) is 16.7. The summed E-state index contributed by atoms with van der Waals surface area (Å²) in [5.74, 6) is 0.666. The van der Waals surface area contributed by atoms with Crippen LogP contribution in [0.25, 0.3) is 83.4 Å². The van der Waals surface area contributed by atoms with E-state index >= 15 is 0 Å². The summed E-state index contributed by atoms with van der Waals surface area (Å²) in [6, 6.07) is 55.1. The number of benzene rings is 6. The quantitative estimate of drug-likeness (QED) is 0.182. The van der Waals surface area contributed by atoms with Crippen molar-refractivity contribution < 1.29 is 0 Å². The first-order valence-electron chi connectivity index (χ1n) is 15.9. The van der Waals surface area contributed by atoms with E-state index in [0.29, 0.717) is 5.82 Å². The summed E-state index contributed by atoms with van der Waals surface area (Å²) in [5, 5.41) is 3.51. The highest BCUT2D eigenvalue weighted by Crippen LogP contribution is 2.36. The maximum absolute atomic E-state index is 5.20. The molecule has 0 aliphatic heterocycles. The van der Waals surface area contributed by atoms with Crippen LogP contribution in [0, 0.1) is 0 Å². The molecule has 5 heteroatoms. The fraction of sp³-hybridized carbons (Fsp3) is 0.